The Hall–Kier alpha value is -2.26. The normalized spacial score (nSPS) is 10.6. The molecule has 2 amide bonds. The second-order valence-electron chi connectivity index (χ2n) is 4.86. The van der Waals surface area contributed by atoms with Gasteiger partial charge in [-0.2, -0.15) is 0 Å². The van der Waals surface area contributed by atoms with Crippen LogP contribution in [0.15, 0.2) is 48.7 Å². The van der Waals surface area contributed by atoms with Crippen LogP contribution in [0.3, 0.4) is 0 Å². The summed E-state index contributed by atoms with van der Waals surface area (Å²) in [6.07, 6.45) is 3.37. The molecule has 0 heterocycles. The predicted molar refractivity (Wildman–Crippen MR) is 88.6 cm³/mol. The number of hydrogen-bond acceptors (Lipinski definition) is 1. The molecule has 0 aliphatic heterocycles. The van der Waals surface area contributed by atoms with Crippen LogP contribution in [0.4, 0.5) is 10.5 Å². The molecule has 2 rings (SSSR count). The van der Waals surface area contributed by atoms with E-state index in [4.69, 9.17) is 11.6 Å². The monoisotopic (exact) mass is 300 g/mol. The van der Waals surface area contributed by atoms with Crippen molar-refractivity contribution < 1.29 is 4.79 Å². The fraction of sp³-hybridized carbons (Fsp3) is 0.118. The molecule has 108 valence electrons. The zero-order valence-electron chi connectivity index (χ0n) is 12.0. The highest BCUT2D eigenvalue weighted by molar-refractivity contribution is 6.30. The van der Waals surface area contributed by atoms with Crippen LogP contribution in [0.1, 0.15) is 16.7 Å². The molecule has 0 spiro atoms. The first kappa shape index (κ1) is 15.1. The number of carbonyl (C=O) groups excluding carboxylic acids is 1. The van der Waals surface area contributed by atoms with Crippen LogP contribution >= 0.6 is 11.6 Å². The molecular weight excluding hydrogens is 284 g/mol. The lowest BCUT2D eigenvalue weighted by molar-refractivity contribution is 0.255. The molecule has 4 heteroatoms. The highest BCUT2D eigenvalue weighted by Crippen LogP contribution is 2.14. The van der Waals surface area contributed by atoms with Gasteiger partial charge < -0.3 is 10.6 Å². The van der Waals surface area contributed by atoms with Crippen molar-refractivity contribution in [2.75, 3.05) is 5.32 Å². The maximum Gasteiger partial charge on any atom is 0.323 e. The van der Waals surface area contributed by atoms with E-state index in [1.165, 1.54) is 0 Å². The van der Waals surface area contributed by atoms with Gasteiger partial charge in [-0.1, -0.05) is 29.8 Å². The Morgan fingerprint density at radius 1 is 1.10 bits per heavy atom. The van der Waals surface area contributed by atoms with E-state index in [2.05, 4.69) is 16.7 Å². The second-order valence-corrected chi connectivity index (χ2v) is 5.30. The predicted octanol–water partition coefficient (Wildman–Crippen LogP) is 4.75. The Bertz CT molecular complexity index is 660. The minimum Gasteiger partial charge on any atom is -0.314 e. The SMILES string of the molecule is Cc1cc(C)cc(NC(=O)N/C=C/c2cccc(Cl)c2)c1. The Balaban J connectivity index is 1.93. The summed E-state index contributed by atoms with van der Waals surface area (Å²) in [5.41, 5.74) is 3.93. The molecule has 0 aliphatic rings. The molecule has 2 N–H and O–H groups in total. The fourth-order valence-electron chi connectivity index (χ4n) is 2.04. The smallest absolute Gasteiger partial charge is 0.314 e. The lowest BCUT2D eigenvalue weighted by Gasteiger charge is -2.07. The molecule has 0 atom stereocenters. The van der Waals surface area contributed by atoms with Crippen LogP contribution in [0.5, 0.6) is 0 Å². The lowest BCUT2D eigenvalue weighted by atomic mass is 10.1. The first-order chi connectivity index (χ1) is 10.0. The molecule has 2 aromatic rings. The van der Waals surface area contributed by atoms with Crippen LogP contribution in [0.2, 0.25) is 5.02 Å². The van der Waals surface area contributed by atoms with Gasteiger partial charge in [0.1, 0.15) is 0 Å². The van der Waals surface area contributed by atoms with Crippen molar-refractivity contribution in [1.29, 1.82) is 0 Å². The third kappa shape index (κ3) is 4.97. The number of benzene rings is 2. The van der Waals surface area contributed by atoms with Gasteiger partial charge in [-0.25, -0.2) is 4.79 Å². The highest BCUT2D eigenvalue weighted by atomic mass is 35.5. The molecule has 0 aliphatic carbocycles. The van der Waals surface area contributed by atoms with Crippen LogP contribution in [-0.4, -0.2) is 6.03 Å². The van der Waals surface area contributed by atoms with E-state index >= 15 is 0 Å². The Morgan fingerprint density at radius 2 is 1.81 bits per heavy atom. The van der Waals surface area contributed by atoms with Crippen molar-refractivity contribution in [1.82, 2.24) is 5.32 Å². The van der Waals surface area contributed by atoms with Crippen molar-refractivity contribution in [3.05, 3.63) is 70.4 Å². The van der Waals surface area contributed by atoms with Gasteiger partial charge in [0.05, 0.1) is 0 Å². The summed E-state index contributed by atoms with van der Waals surface area (Å²) in [6.45, 7) is 3.99. The van der Waals surface area contributed by atoms with Gasteiger partial charge >= 0.3 is 6.03 Å². The topological polar surface area (TPSA) is 41.1 Å². The maximum absolute atomic E-state index is 11.8. The van der Waals surface area contributed by atoms with E-state index < -0.39 is 0 Å². The molecule has 0 saturated heterocycles. The minimum absolute atomic E-state index is 0.279. The standard InChI is InChI=1S/C17H17ClN2O/c1-12-8-13(2)10-16(9-12)20-17(21)19-7-6-14-4-3-5-15(18)11-14/h3-11H,1-2H3,(H2,19,20,21)/b7-6+. The third-order valence-corrected chi connectivity index (χ3v) is 3.05. The first-order valence-electron chi connectivity index (χ1n) is 6.61. The number of hydrogen-bond donors (Lipinski definition) is 2. The Kier molecular flexibility index (Phi) is 5.01. The number of rotatable bonds is 3. The van der Waals surface area contributed by atoms with Crippen LogP contribution in [0.25, 0.3) is 6.08 Å². The number of urea groups is 1. The van der Waals surface area contributed by atoms with Crippen LogP contribution in [-0.2, 0) is 0 Å². The Morgan fingerprint density at radius 3 is 2.48 bits per heavy atom. The van der Waals surface area contributed by atoms with Gasteiger partial charge in [0.25, 0.3) is 0 Å². The van der Waals surface area contributed by atoms with Gasteiger partial charge in [0, 0.05) is 16.9 Å². The number of halogens is 1. The molecule has 3 nitrogen and oxygen atoms in total. The summed E-state index contributed by atoms with van der Waals surface area (Å²) in [4.78, 5) is 11.8. The largest absolute Gasteiger partial charge is 0.323 e. The van der Waals surface area contributed by atoms with Crippen molar-refractivity contribution >= 4 is 29.4 Å². The summed E-state index contributed by atoms with van der Waals surface area (Å²) in [6, 6.07) is 13.0. The van der Waals surface area contributed by atoms with Gasteiger partial charge in [0.2, 0.25) is 0 Å². The van der Waals surface area contributed by atoms with E-state index in [-0.39, 0.29) is 6.03 Å². The van der Waals surface area contributed by atoms with Crippen molar-refractivity contribution in [2.24, 2.45) is 0 Å². The molecule has 2 aromatic carbocycles. The highest BCUT2D eigenvalue weighted by Gasteiger charge is 2.00. The van der Waals surface area contributed by atoms with E-state index in [9.17, 15) is 4.79 Å². The molecular formula is C17H17ClN2O. The van der Waals surface area contributed by atoms with Crippen LogP contribution in [0, 0.1) is 13.8 Å². The number of nitrogens with one attached hydrogen (secondary N) is 2. The molecule has 0 bridgehead atoms. The fourth-order valence-corrected chi connectivity index (χ4v) is 2.24. The average Bonchev–Trinajstić information content (AvgIpc) is 2.37. The summed E-state index contributed by atoms with van der Waals surface area (Å²) >= 11 is 5.89. The molecule has 0 unspecified atom stereocenters. The summed E-state index contributed by atoms with van der Waals surface area (Å²) < 4.78 is 0. The van der Waals surface area contributed by atoms with Crippen molar-refractivity contribution in [2.45, 2.75) is 13.8 Å². The zero-order valence-corrected chi connectivity index (χ0v) is 12.7. The summed E-state index contributed by atoms with van der Waals surface area (Å²) in [7, 11) is 0. The molecule has 0 saturated carbocycles. The third-order valence-electron chi connectivity index (χ3n) is 2.82. The van der Waals surface area contributed by atoms with Gasteiger partial charge in [0.15, 0.2) is 0 Å². The molecule has 21 heavy (non-hydrogen) atoms. The quantitative estimate of drug-likeness (QED) is 0.844. The van der Waals surface area contributed by atoms with Gasteiger partial charge in [-0.15, -0.1) is 0 Å². The van der Waals surface area contributed by atoms with Crippen molar-refractivity contribution in [3.63, 3.8) is 0 Å². The number of carbonyl (C=O) groups is 1. The van der Waals surface area contributed by atoms with E-state index in [0.717, 1.165) is 22.4 Å². The molecule has 0 radical (unpaired) electrons. The number of amides is 2. The Labute approximate surface area is 129 Å². The van der Waals surface area contributed by atoms with Gasteiger partial charge in [-0.05, 0) is 60.9 Å². The summed E-state index contributed by atoms with van der Waals surface area (Å²) in [5.74, 6) is 0. The molecule has 0 fully saturated rings. The van der Waals surface area contributed by atoms with E-state index in [1.54, 1.807) is 18.3 Å². The van der Waals surface area contributed by atoms with Gasteiger partial charge in [-0.3, -0.25) is 0 Å². The maximum atomic E-state index is 11.8. The van der Waals surface area contributed by atoms with E-state index in [0.29, 0.717) is 5.02 Å². The number of aryl methyl sites for hydroxylation is 2. The van der Waals surface area contributed by atoms with Crippen LogP contribution < -0.4 is 10.6 Å². The average molecular weight is 301 g/mol. The lowest BCUT2D eigenvalue weighted by Crippen LogP contribution is -2.23. The number of anilines is 1. The second kappa shape index (κ2) is 6.95. The summed E-state index contributed by atoms with van der Waals surface area (Å²) in [5, 5.41) is 6.12. The van der Waals surface area contributed by atoms with E-state index in [1.807, 2.05) is 44.2 Å². The molecule has 0 aromatic heterocycles. The minimum atomic E-state index is -0.279. The zero-order chi connectivity index (χ0) is 15.2. The first-order valence-corrected chi connectivity index (χ1v) is 6.99. The van der Waals surface area contributed by atoms with Crippen molar-refractivity contribution in [3.8, 4) is 0 Å².